The van der Waals surface area contributed by atoms with Gasteiger partial charge in [-0.15, -0.1) is 0 Å². The van der Waals surface area contributed by atoms with Crippen molar-refractivity contribution < 1.29 is 0 Å². The van der Waals surface area contributed by atoms with Gasteiger partial charge in [-0.25, -0.2) is 0 Å². The highest BCUT2D eigenvalue weighted by molar-refractivity contribution is 5.31. The Morgan fingerprint density at radius 2 is 1.94 bits per heavy atom. The summed E-state index contributed by atoms with van der Waals surface area (Å²) >= 11 is 0. The second kappa shape index (κ2) is 5.49. The minimum absolute atomic E-state index is 0.368. The van der Waals surface area contributed by atoms with Crippen molar-refractivity contribution in [3.63, 3.8) is 0 Å². The lowest BCUT2D eigenvalue weighted by molar-refractivity contribution is 0.298. The van der Waals surface area contributed by atoms with Gasteiger partial charge in [0.15, 0.2) is 0 Å². The van der Waals surface area contributed by atoms with Gasteiger partial charge in [0, 0.05) is 6.54 Å². The molecule has 0 saturated heterocycles. The summed E-state index contributed by atoms with van der Waals surface area (Å²) in [7, 11) is 2.04. The summed E-state index contributed by atoms with van der Waals surface area (Å²) in [6.07, 6.45) is 2.37. The second-order valence-corrected chi connectivity index (χ2v) is 5.30. The topological polar surface area (TPSA) is 12.0 Å². The van der Waals surface area contributed by atoms with Crippen LogP contribution >= 0.6 is 0 Å². The zero-order valence-corrected chi connectivity index (χ0v) is 11.4. The van der Waals surface area contributed by atoms with E-state index in [2.05, 4.69) is 51.2 Å². The summed E-state index contributed by atoms with van der Waals surface area (Å²) in [6, 6.07) is 6.76. The van der Waals surface area contributed by atoms with Gasteiger partial charge in [-0.05, 0) is 50.3 Å². The highest BCUT2D eigenvalue weighted by Crippen LogP contribution is 2.27. The largest absolute Gasteiger partial charge is 0.319 e. The number of hydrogen-bond acceptors (Lipinski definition) is 1. The first-order chi connectivity index (χ1) is 7.50. The monoisotopic (exact) mass is 219 g/mol. The van der Waals surface area contributed by atoms with Crippen LogP contribution in [0.4, 0.5) is 0 Å². The normalized spacial score (nSPS) is 14.8. The zero-order valence-electron chi connectivity index (χ0n) is 11.4. The third-order valence-electron chi connectivity index (χ3n) is 3.58. The molecule has 1 aromatic carbocycles. The van der Waals surface area contributed by atoms with Crippen molar-refractivity contribution in [1.82, 2.24) is 5.32 Å². The van der Waals surface area contributed by atoms with Gasteiger partial charge < -0.3 is 5.32 Å². The first-order valence-electron chi connectivity index (χ1n) is 6.21. The molecule has 0 heterocycles. The Kier molecular flexibility index (Phi) is 4.55. The van der Waals surface area contributed by atoms with Gasteiger partial charge in [-0.2, -0.15) is 0 Å². The first kappa shape index (κ1) is 13.2. The van der Waals surface area contributed by atoms with Crippen molar-refractivity contribution in [3.05, 3.63) is 34.9 Å². The van der Waals surface area contributed by atoms with Gasteiger partial charge in [0.25, 0.3) is 0 Å². The van der Waals surface area contributed by atoms with E-state index in [4.69, 9.17) is 0 Å². The molecular weight excluding hydrogens is 194 g/mol. The van der Waals surface area contributed by atoms with Crippen LogP contribution in [0.3, 0.4) is 0 Å². The maximum Gasteiger partial charge on any atom is 0.000524 e. The fourth-order valence-corrected chi connectivity index (χ4v) is 2.19. The van der Waals surface area contributed by atoms with E-state index in [1.165, 1.54) is 23.1 Å². The van der Waals surface area contributed by atoms with Crippen molar-refractivity contribution >= 4 is 0 Å². The predicted octanol–water partition coefficient (Wildman–Crippen LogP) is 3.48. The number of nitrogens with one attached hydrogen (secondary N) is 1. The second-order valence-electron chi connectivity index (χ2n) is 5.30. The average molecular weight is 219 g/mol. The fourth-order valence-electron chi connectivity index (χ4n) is 2.19. The zero-order chi connectivity index (χ0) is 12.2. The van der Waals surface area contributed by atoms with Crippen LogP contribution in [0.15, 0.2) is 18.2 Å². The standard InChI is InChI=1S/C15H25N/c1-6-15(4,11-16-5)10-14-9-12(2)7-8-13(14)3/h7-9,16H,6,10-11H2,1-5H3. The van der Waals surface area contributed by atoms with Crippen LogP contribution in [-0.4, -0.2) is 13.6 Å². The molecule has 0 fully saturated rings. The highest BCUT2D eigenvalue weighted by atomic mass is 14.8. The number of rotatable bonds is 5. The van der Waals surface area contributed by atoms with E-state index in [0.29, 0.717) is 5.41 Å². The van der Waals surface area contributed by atoms with Crippen molar-refractivity contribution in [1.29, 1.82) is 0 Å². The Balaban J connectivity index is 2.89. The molecule has 0 aliphatic carbocycles. The number of benzene rings is 1. The molecule has 0 aliphatic rings. The molecule has 1 aromatic rings. The summed E-state index contributed by atoms with van der Waals surface area (Å²) in [4.78, 5) is 0. The minimum Gasteiger partial charge on any atom is -0.319 e. The van der Waals surface area contributed by atoms with E-state index in [1.807, 2.05) is 7.05 Å². The molecule has 0 aliphatic heterocycles. The van der Waals surface area contributed by atoms with E-state index in [9.17, 15) is 0 Å². The van der Waals surface area contributed by atoms with Gasteiger partial charge in [-0.3, -0.25) is 0 Å². The Morgan fingerprint density at radius 3 is 2.50 bits per heavy atom. The van der Waals surface area contributed by atoms with Gasteiger partial charge in [-0.1, -0.05) is 37.6 Å². The van der Waals surface area contributed by atoms with Crippen molar-refractivity contribution in [2.24, 2.45) is 5.41 Å². The van der Waals surface area contributed by atoms with Crippen LogP contribution in [0.5, 0.6) is 0 Å². The minimum atomic E-state index is 0.368. The summed E-state index contributed by atoms with van der Waals surface area (Å²) in [5, 5.41) is 3.31. The van der Waals surface area contributed by atoms with Crippen molar-refractivity contribution in [3.8, 4) is 0 Å². The Bertz CT molecular complexity index is 343. The molecule has 0 bridgehead atoms. The molecular formula is C15H25N. The molecule has 1 atom stereocenters. The van der Waals surface area contributed by atoms with Crippen LogP contribution in [0.2, 0.25) is 0 Å². The first-order valence-corrected chi connectivity index (χ1v) is 6.21. The van der Waals surface area contributed by atoms with Gasteiger partial charge in [0.2, 0.25) is 0 Å². The van der Waals surface area contributed by atoms with Crippen LogP contribution < -0.4 is 5.32 Å². The maximum absolute atomic E-state index is 3.31. The maximum atomic E-state index is 3.31. The quantitative estimate of drug-likeness (QED) is 0.799. The average Bonchev–Trinajstić information content (AvgIpc) is 2.24. The fraction of sp³-hybridized carbons (Fsp3) is 0.600. The lowest BCUT2D eigenvalue weighted by Crippen LogP contribution is -2.31. The lowest BCUT2D eigenvalue weighted by atomic mass is 9.80. The molecule has 16 heavy (non-hydrogen) atoms. The molecule has 0 saturated carbocycles. The third kappa shape index (κ3) is 3.34. The third-order valence-corrected chi connectivity index (χ3v) is 3.58. The molecule has 1 nitrogen and oxygen atoms in total. The van der Waals surface area contributed by atoms with E-state index in [-0.39, 0.29) is 0 Å². The van der Waals surface area contributed by atoms with Gasteiger partial charge >= 0.3 is 0 Å². The number of hydrogen-bond donors (Lipinski definition) is 1. The van der Waals surface area contributed by atoms with Crippen LogP contribution in [0.25, 0.3) is 0 Å². The predicted molar refractivity (Wildman–Crippen MR) is 71.9 cm³/mol. The Labute approximate surface area is 100 Å². The van der Waals surface area contributed by atoms with E-state index >= 15 is 0 Å². The molecule has 1 unspecified atom stereocenters. The smallest absolute Gasteiger partial charge is 0.000524 e. The van der Waals surface area contributed by atoms with Gasteiger partial charge in [0.1, 0.15) is 0 Å². The SMILES string of the molecule is CCC(C)(CNC)Cc1cc(C)ccc1C. The lowest BCUT2D eigenvalue weighted by Gasteiger charge is -2.29. The number of aryl methyl sites for hydroxylation is 2. The van der Waals surface area contributed by atoms with Crippen molar-refractivity contribution in [2.75, 3.05) is 13.6 Å². The summed E-state index contributed by atoms with van der Waals surface area (Å²) in [5.74, 6) is 0. The Hall–Kier alpha value is -0.820. The molecule has 0 amide bonds. The van der Waals surface area contributed by atoms with Crippen molar-refractivity contribution in [2.45, 2.75) is 40.5 Å². The van der Waals surface area contributed by atoms with Crippen LogP contribution in [0.1, 0.15) is 37.0 Å². The van der Waals surface area contributed by atoms with E-state index < -0.39 is 0 Å². The molecule has 1 heteroatoms. The molecule has 0 aromatic heterocycles. The van der Waals surface area contributed by atoms with E-state index in [1.54, 1.807) is 0 Å². The summed E-state index contributed by atoms with van der Waals surface area (Å²) < 4.78 is 0. The summed E-state index contributed by atoms with van der Waals surface area (Å²) in [6.45, 7) is 10.1. The molecule has 1 N–H and O–H groups in total. The molecule has 1 rings (SSSR count). The van der Waals surface area contributed by atoms with Crippen LogP contribution in [-0.2, 0) is 6.42 Å². The Morgan fingerprint density at radius 1 is 1.25 bits per heavy atom. The van der Waals surface area contributed by atoms with Crippen LogP contribution in [0, 0.1) is 19.3 Å². The molecule has 90 valence electrons. The summed E-state index contributed by atoms with van der Waals surface area (Å²) in [5.41, 5.74) is 4.65. The van der Waals surface area contributed by atoms with E-state index in [0.717, 1.165) is 13.0 Å². The molecule has 0 radical (unpaired) electrons. The molecule has 0 spiro atoms. The highest BCUT2D eigenvalue weighted by Gasteiger charge is 2.22. The van der Waals surface area contributed by atoms with Gasteiger partial charge in [0.05, 0.1) is 0 Å².